The van der Waals surface area contributed by atoms with Gasteiger partial charge in [0.25, 0.3) is 0 Å². The van der Waals surface area contributed by atoms with Crippen molar-refractivity contribution in [1.29, 1.82) is 0 Å². The van der Waals surface area contributed by atoms with Gasteiger partial charge in [-0.3, -0.25) is 4.79 Å². The Balaban J connectivity index is 3.18. The molecule has 1 aromatic rings. The lowest BCUT2D eigenvalue weighted by Gasteiger charge is -2.11. The maximum absolute atomic E-state index is 12.3. The summed E-state index contributed by atoms with van der Waals surface area (Å²) >= 11 is 1.56. The second kappa shape index (κ2) is 4.93. The predicted octanol–water partition coefficient (Wildman–Crippen LogP) is 2.87. The lowest BCUT2D eigenvalue weighted by Crippen LogP contribution is -2.19. The summed E-state index contributed by atoms with van der Waals surface area (Å²) in [6.07, 6.45) is -4.81. The first kappa shape index (κ1) is 13.1. The Morgan fingerprint density at radius 2 is 2.12 bits per heavy atom. The maximum Gasteiger partial charge on any atom is 0.574 e. The molecular formula is C8H4F4INO2. The van der Waals surface area contributed by atoms with Crippen molar-refractivity contribution in [3.63, 3.8) is 0 Å². The zero-order chi connectivity index (χ0) is 12.3. The van der Waals surface area contributed by atoms with Crippen LogP contribution in [0, 0.1) is 3.70 Å². The van der Waals surface area contributed by atoms with E-state index in [9.17, 15) is 22.4 Å². The number of hydrogen-bond acceptors (Lipinski definition) is 3. The quantitative estimate of drug-likeness (QED) is 0.365. The number of aldehydes is 1. The summed E-state index contributed by atoms with van der Waals surface area (Å²) in [5.74, 6) is -0.871. The number of halogens is 5. The Morgan fingerprint density at radius 3 is 2.56 bits per heavy atom. The van der Waals surface area contributed by atoms with Crippen molar-refractivity contribution in [2.45, 2.75) is 13.0 Å². The van der Waals surface area contributed by atoms with E-state index in [0.29, 0.717) is 0 Å². The van der Waals surface area contributed by atoms with Gasteiger partial charge in [0.2, 0.25) is 5.88 Å². The van der Waals surface area contributed by atoms with E-state index in [4.69, 9.17) is 0 Å². The molecule has 0 fully saturated rings. The van der Waals surface area contributed by atoms with Crippen LogP contribution in [0.2, 0.25) is 0 Å². The van der Waals surface area contributed by atoms with Crippen LogP contribution in [-0.4, -0.2) is 17.6 Å². The zero-order valence-corrected chi connectivity index (χ0v) is 9.67. The number of aromatic nitrogens is 1. The lowest BCUT2D eigenvalue weighted by atomic mass is 10.2. The van der Waals surface area contributed by atoms with Crippen molar-refractivity contribution in [2.75, 3.05) is 0 Å². The van der Waals surface area contributed by atoms with Crippen LogP contribution >= 0.6 is 22.6 Å². The second-order valence-electron chi connectivity index (χ2n) is 2.63. The van der Waals surface area contributed by atoms with Crippen LogP contribution in [0.25, 0.3) is 0 Å². The van der Waals surface area contributed by atoms with Gasteiger partial charge in [-0.15, -0.1) is 13.2 Å². The van der Waals surface area contributed by atoms with Gasteiger partial charge >= 0.3 is 6.36 Å². The molecule has 0 saturated heterocycles. The van der Waals surface area contributed by atoms with Crippen LogP contribution in [0.4, 0.5) is 17.6 Å². The molecule has 0 atom stereocenters. The summed E-state index contributed by atoms with van der Waals surface area (Å²) in [5.41, 5.74) is -0.400. The highest BCUT2D eigenvalue weighted by molar-refractivity contribution is 14.1. The van der Waals surface area contributed by atoms with Gasteiger partial charge in [-0.25, -0.2) is 9.37 Å². The smallest absolute Gasteiger partial charge is 0.387 e. The number of hydrogen-bond donors (Lipinski definition) is 0. The van der Waals surface area contributed by atoms with E-state index < -0.39 is 24.5 Å². The van der Waals surface area contributed by atoms with Crippen LogP contribution in [0.15, 0.2) is 6.07 Å². The third-order valence-electron chi connectivity index (χ3n) is 1.52. The summed E-state index contributed by atoms with van der Waals surface area (Å²) in [6, 6.07) is 0.975. The average Bonchev–Trinajstić information content (AvgIpc) is 2.16. The molecule has 1 rings (SSSR count). The molecule has 8 heteroatoms. The predicted molar refractivity (Wildman–Crippen MR) is 53.8 cm³/mol. The summed E-state index contributed by atoms with van der Waals surface area (Å²) in [6.45, 7) is -0.918. The Kier molecular flexibility index (Phi) is 4.05. The topological polar surface area (TPSA) is 39.2 Å². The van der Waals surface area contributed by atoms with E-state index in [2.05, 4.69) is 9.72 Å². The maximum atomic E-state index is 12.3. The van der Waals surface area contributed by atoms with Gasteiger partial charge in [0.1, 0.15) is 10.4 Å². The number of ether oxygens (including phenoxy) is 1. The molecule has 1 aromatic heterocycles. The molecule has 0 aromatic carbocycles. The average molecular weight is 349 g/mol. The largest absolute Gasteiger partial charge is 0.574 e. The number of carbonyl (C=O) groups is 1. The lowest BCUT2D eigenvalue weighted by molar-refractivity contribution is -0.276. The van der Waals surface area contributed by atoms with E-state index in [0.717, 1.165) is 6.07 Å². The molecule has 0 N–H and O–H groups in total. The van der Waals surface area contributed by atoms with Crippen LogP contribution in [0.3, 0.4) is 0 Å². The molecule has 0 radical (unpaired) electrons. The molecule has 3 nitrogen and oxygen atoms in total. The first-order valence-corrected chi connectivity index (χ1v) is 4.91. The highest BCUT2D eigenvalue weighted by Gasteiger charge is 2.33. The Hall–Kier alpha value is -0.930. The molecule has 1 heterocycles. The molecule has 0 aliphatic heterocycles. The Morgan fingerprint density at radius 1 is 1.50 bits per heavy atom. The standard InChI is InChI=1S/C8H4F4INO2/c9-2-4-1-5(3-15)7(14-6(4)13)16-8(10,11)12/h1,3H,2H2. The molecule has 0 unspecified atom stereocenters. The molecule has 88 valence electrons. The van der Waals surface area contributed by atoms with E-state index in [1.165, 1.54) is 0 Å². The summed E-state index contributed by atoms with van der Waals surface area (Å²) in [5, 5.41) is 0. The molecule has 0 bridgehead atoms. The van der Waals surface area contributed by atoms with E-state index in [1.807, 2.05) is 0 Å². The van der Waals surface area contributed by atoms with Crippen LogP contribution in [0.5, 0.6) is 5.88 Å². The molecule has 0 amide bonds. The highest BCUT2D eigenvalue weighted by atomic mass is 127. The fourth-order valence-electron chi connectivity index (χ4n) is 0.904. The normalized spacial score (nSPS) is 11.3. The van der Waals surface area contributed by atoms with Gasteiger partial charge in [0.05, 0.1) is 5.56 Å². The molecule has 16 heavy (non-hydrogen) atoms. The SMILES string of the molecule is O=Cc1cc(CF)c(I)nc1OC(F)(F)F. The van der Waals surface area contributed by atoms with Crippen LogP contribution in [-0.2, 0) is 6.67 Å². The van der Waals surface area contributed by atoms with E-state index in [-0.39, 0.29) is 15.6 Å². The van der Waals surface area contributed by atoms with Crippen LogP contribution in [0.1, 0.15) is 15.9 Å². The van der Waals surface area contributed by atoms with Gasteiger partial charge < -0.3 is 4.74 Å². The van der Waals surface area contributed by atoms with Gasteiger partial charge in [-0.1, -0.05) is 0 Å². The molecular weight excluding hydrogens is 345 g/mol. The summed E-state index contributed by atoms with van der Waals surface area (Å²) in [4.78, 5) is 13.9. The first-order valence-electron chi connectivity index (χ1n) is 3.83. The number of pyridine rings is 1. The zero-order valence-electron chi connectivity index (χ0n) is 7.52. The van der Waals surface area contributed by atoms with Gasteiger partial charge in [-0.05, 0) is 28.7 Å². The molecule has 0 aliphatic rings. The van der Waals surface area contributed by atoms with Gasteiger partial charge in [0, 0.05) is 5.56 Å². The van der Waals surface area contributed by atoms with Crippen molar-refractivity contribution in [1.82, 2.24) is 4.98 Å². The third-order valence-corrected chi connectivity index (χ3v) is 2.46. The number of nitrogens with zero attached hydrogens (tertiary/aromatic N) is 1. The van der Waals surface area contributed by atoms with Crippen molar-refractivity contribution in [3.8, 4) is 5.88 Å². The Bertz CT molecular complexity index is 408. The number of carbonyl (C=O) groups excluding carboxylic acids is 1. The minimum Gasteiger partial charge on any atom is -0.387 e. The first-order chi connectivity index (χ1) is 7.37. The fourth-order valence-corrected chi connectivity index (χ4v) is 1.42. The minimum atomic E-state index is -4.94. The summed E-state index contributed by atoms with van der Waals surface area (Å²) in [7, 11) is 0. The molecule has 0 spiro atoms. The number of alkyl halides is 4. The van der Waals surface area contributed by atoms with Crippen molar-refractivity contribution >= 4 is 28.9 Å². The summed E-state index contributed by atoms with van der Waals surface area (Å²) < 4.78 is 51.7. The molecule has 0 saturated carbocycles. The van der Waals surface area contributed by atoms with Gasteiger partial charge in [-0.2, -0.15) is 0 Å². The van der Waals surface area contributed by atoms with E-state index >= 15 is 0 Å². The van der Waals surface area contributed by atoms with E-state index in [1.54, 1.807) is 22.6 Å². The minimum absolute atomic E-state index is 0.0185. The Labute approximate surface area is 101 Å². The second-order valence-corrected chi connectivity index (χ2v) is 3.65. The monoisotopic (exact) mass is 349 g/mol. The van der Waals surface area contributed by atoms with Gasteiger partial charge in [0.15, 0.2) is 6.29 Å². The fraction of sp³-hybridized carbons (Fsp3) is 0.250. The van der Waals surface area contributed by atoms with Crippen LogP contribution < -0.4 is 4.74 Å². The number of rotatable bonds is 3. The van der Waals surface area contributed by atoms with Crippen molar-refractivity contribution in [2.24, 2.45) is 0 Å². The molecule has 0 aliphatic carbocycles. The van der Waals surface area contributed by atoms with Crippen molar-refractivity contribution < 1.29 is 27.1 Å². The third kappa shape index (κ3) is 3.29. The highest BCUT2D eigenvalue weighted by Crippen LogP contribution is 2.26. The van der Waals surface area contributed by atoms with Crippen molar-refractivity contribution in [3.05, 3.63) is 20.9 Å².